The molecule has 0 atom stereocenters. The molecule has 1 aliphatic rings. The topological polar surface area (TPSA) is 258 Å². The van der Waals surface area contributed by atoms with Gasteiger partial charge in [0.2, 0.25) is 0 Å². The number of imidazole rings is 3. The zero-order valence-corrected chi connectivity index (χ0v) is 51.8. The van der Waals surface area contributed by atoms with Crippen molar-refractivity contribution in [3.8, 4) is 67.9 Å². The fourth-order valence-corrected chi connectivity index (χ4v) is 12.9. The predicted octanol–water partition coefficient (Wildman–Crippen LogP) is 13.5. The molecular weight excluding hydrogens is 1180 g/mol. The van der Waals surface area contributed by atoms with Gasteiger partial charge in [0, 0.05) is 128 Å². The molecular formula is C69H63FN18O3S. The number of nitrogens with one attached hydrogen (secondary N) is 4. The van der Waals surface area contributed by atoms with Crippen LogP contribution >= 0.6 is 11.3 Å². The summed E-state index contributed by atoms with van der Waals surface area (Å²) in [6, 6.07) is 26.8. The van der Waals surface area contributed by atoms with E-state index < -0.39 is 0 Å². The Hall–Kier alpha value is -10.8. The minimum Gasteiger partial charge on any atom is -0.507 e. The maximum Gasteiger partial charge on any atom is 0.166 e. The lowest BCUT2D eigenvalue weighted by molar-refractivity contribution is -0.0218. The minimum atomic E-state index is -0.284. The Balaban J connectivity index is 0.665. The largest absolute Gasteiger partial charge is 0.507 e. The number of aromatic amines is 1. The van der Waals surface area contributed by atoms with Crippen molar-refractivity contribution in [2.75, 3.05) is 48.8 Å². The third-order valence-electron chi connectivity index (χ3n) is 17.0. The van der Waals surface area contributed by atoms with Crippen molar-refractivity contribution in [1.29, 1.82) is 0 Å². The Bertz CT molecular complexity index is 5140. The van der Waals surface area contributed by atoms with E-state index in [9.17, 15) is 14.6 Å². The number of aromatic nitrogens is 15. The highest BCUT2D eigenvalue weighted by molar-refractivity contribution is 7.17. The minimum absolute atomic E-state index is 0.0523. The van der Waals surface area contributed by atoms with Gasteiger partial charge in [-0.3, -0.25) is 9.97 Å². The van der Waals surface area contributed by atoms with Crippen LogP contribution in [0.2, 0.25) is 0 Å². The molecule has 21 nitrogen and oxygen atoms in total. The first-order valence-electron chi connectivity index (χ1n) is 30.7. The van der Waals surface area contributed by atoms with Crippen LogP contribution in [0.3, 0.4) is 0 Å². The van der Waals surface area contributed by atoms with Crippen molar-refractivity contribution in [1.82, 2.24) is 73.5 Å². The number of phenolic OH excluding ortho intramolecular Hbond substituents is 2. The molecule has 0 spiro atoms. The molecule has 14 aromatic rings. The summed E-state index contributed by atoms with van der Waals surface area (Å²) >= 11 is 1.67. The Morgan fingerprint density at radius 3 is 1.85 bits per heavy atom. The van der Waals surface area contributed by atoms with Crippen LogP contribution in [-0.2, 0) is 24.0 Å². The van der Waals surface area contributed by atoms with Crippen LogP contribution in [0.4, 0.5) is 21.8 Å². The highest BCUT2D eigenvalue weighted by Gasteiger charge is 2.26. The quantitative estimate of drug-likeness (QED) is 0.0414. The molecule has 0 amide bonds. The highest BCUT2D eigenvalue weighted by Crippen LogP contribution is 2.39. The maximum absolute atomic E-state index is 14.2. The molecule has 92 heavy (non-hydrogen) atoms. The summed E-state index contributed by atoms with van der Waals surface area (Å²) in [6.07, 6.45) is 16.0. The Labute approximate surface area is 530 Å². The zero-order chi connectivity index (χ0) is 62.7. The second-order valence-electron chi connectivity index (χ2n) is 23.8. The average molecular weight is 1240 g/mol. The summed E-state index contributed by atoms with van der Waals surface area (Å²) in [4.78, 5) is 57.2. The number of fused-ring (bicyclic) bond motifs is 5. The van der Waals surface area contributed by atoms with Crippen molar-refractivity contribution >= 4 is 83.3 Å². The molecule has 23 heteroatoms. The van der Waals surface area contributed by atoms with E-state index in [4.69, 9.17) is 49.6 Å². The molecule has 4 aromatic carbocycles. The van der Waals surface area contributed by atoms with Gasteiger partial charge in [0.25, 0.3) is 0 Å². The van der Waals surface area contributed by atoms with Gasteiger partial charge < -0.3 is 49.6 Å². The lowest BCUT2D eigenvalue weighted by Gasteiger charge is -2.27. The van der Waals surface area contributed by atoms with E-state index in [1.165, 1.54) is 10.8 Å². The monoisotopic (exact) mass is 1240 g/mol. The summed E-state index contributed by atoms with van der Waals surface area (Å²) < 4.78 is 27.1. The second kappa shape index (κ2) is 23.9. The van der Waals surface area contributed by atoms with Gasteiger partial charge >= 0.3 is 0 Å². The first-order valence-corrected chi connectivity index (χ1v) is 31.5. The third-order valence-corrected chi connectivity index (χ3v) is 17.9. The fraction of sp³-hybridized carbons (Fsp3) is 0.232. The molecule has 0 aliphatic carbocycles. The number of phenols is 2. The van der Waals surface area contributed by atoms with Crippen LogP contribution in [0.25, 0.3) is 111 Å². The van der Waals surface area contributed by atoms with E-state index in [1.54, 1.807) is 67.0 Å². The molecule has 1 fully saturated rings. The number of aryl methyl sites for hydroxylation is 1. The molecule has 460 valence electrons. The van der Waals surface area contributed by atoms with Crippen LogP contribution in [0.5, 0.6) is 11.5 Å². The van der Waals surface area contributed by atoms with Crippen LogP contribution < -0.4 is 16.0 Å². The summed E-state index contributed by atoms with van der Waals surface area (Å²) in [5, 5.41) is 37.8. The molecule has 1 saturated heterocycles. The van der Waals surface area contributed by atoms with Crippen molar-refractivity contribution < 1.29 is 19.3 Å². The standard InChI is InChI=1S/C69H63FN18O3S/c1-37(2)86-34-77-57-64(74-18-15-41-20-39(5)60(90)52(22-41)44-24-46(29-72-27-44)62-81-65(58-68(84-62)87(35-78-58)38(3)4)75-19-16-42-30-76-54-12-11-47(70)25-50(42)54)80-61(83-67(57)86)45-23-43(26-71-28-45)51-21-40(10-13-55(51)89)14-17-73-66-59-69(88(36-79-59)48-31-91-32-48)85-63(82-66)53-33-92-56-9-7-6-8-49(53)56/h6-13,20-30,33-38,48,76,89-90H,14-19,31-32H2,1-5H3,(H,73,82,85)(H,74,80,83)(H,75,81,84). The van der Waals surface area contributed by atoms with E-state index >= 15 is 0 Å². The smallest absolute Gasteiger partial charge is 0.166 e. The summed E-state index contributed by atoms with van der Waals surface area (Å²) in [5.74, 6) is 3.26. The summed E-state index contributed by atoms with van der Waals surface area (Å²) in [6.45, 7) is 12.9. The maximum atomic E-state index is 14.2. The van der Waals surface area contributed by atoms with E-state index in [0.29, 0.717) is 154 Å². The molecule has 0 saturated carbocycles. The van der Waals surface area contributed by atoms with Gasteiger partial charge in [0.1, 0.15) is 33.9 Å². The van der Waals surface area contributed by atoms with E-state index in [1.807, 2.05) is 77.1 Å². The predicted molar refractivity (Wildman–Crippen MR) is 358 cm³/mol. The van der Waals surface area contributed by atoms with Gasteiger partial charge in [0.05, 0.1) is 38.2 Å². The first kappa shape index (κ1) is 57.6. The zero-order valence-electron chi connectivity index (χ0n) is 51.0. The lowest BCUT2D eigenvalue weighted by Crippen LogP contribution is -2.30. The SMILES string of the molecule is Cc1cc(CCNc2nc(-c3cncc(-c4cc(CCNc5nc(-c6csc7ccccc67)nc6c5ncn6C5COC5)ccc4O)c3)nc3c2ncn3C(C)C)cc(-c2cncc(-c3nc(NCCc4c[nH]c5ccc(F)cc45)c4ncn(C(C)C)c4n3)c2)c1O. The number of benzene rings is 4. The molecule has 1 aliphatic heterocycles. The average Bonchev–Trinajstić information content (AvgIpc) is 1.59. The third kappa shape index (κ3) is 10.9. The van der Waals surface area contributed by atoms with Gasteiger partial charge in [-0.2, -0.15) is 0 Å². The number of nitrogens with zero attached hydrogens (tertiary/aromatic N) is 14. The number of ether oxygens (including phenoxy) is 1. The number of thiophene rings is 1. The molecule has 10 aromatic heterocycles. The first-order chi connectivity index (χ1) is 44.8. The molecule has 0 radical (unpaired) electrons. The van der Waals surface area contributed by atoms with Crippen LogP contribution in [0.15, 0.2) is 140 Å². The van der Waals surface area contributed by atoms with E-state index in [-0.39, 0.29) is 35.4 Å². The van der Waals surface area contributed by atoms with Gasteiger partial charge in [-0.15, -0.1) is 11.3 Å². The number of H-pyrrole nitrogens is 1. The van der Waals surface area contributed by atoms with Crippen molar-refractivity contribution in [3.05, 3.63) is 168 Å². The Morgan fingerprint density at radius 2 is 1.18 bits per heavy atom. The van der Waals surface area contributed by atoms with E-state index in [2.05, 4.69) is 80.7 Å². The number of hydrogen-bond donors (Lipinski definition) is 6. The van der Waals surface area contributed by atoms with Crippen LogP contribution in [-0.4, -0.2) is 117 Å². The molecule has 11 heterocycles. The highest BCUT2D eigenvalue weighted by atomic mass is 32.1. The number of pyridine rings is 2. The Kier molecular flexibility index (Phi) is 15.0. The fourth-order valence-electron chi connectivity index (χ4n) is 12.0. The number of aromatic hydroxyl groups is 2. The number of hydrogen-bond acceptors (Lipinski definition) is 18. The van der Waals surface area contributed by atoms with Crippen LogP contribution in [0, 0.1) is 12.7 Å². The van der Waals surface area contributed by atoms with Gasteiger partial charge in [0.15, 0.2) is 51.9 Å². The molecule has 0 bridgehead atoms. The molecule has 0 unspecified atom stereocenters. The van der Waals surface area contributed by atoms with Crippen molar-refractivity contribution in [2.45, 2.75) is 72.0 Å². The van der Waals surface area contributed by atoms with Crippen molar-refractivity contribution in [2.24, 2.45) is 0 Å². The normalized spacial score (nSPS) is 12.8. The van der Waals surface area contributed by atoms with Gasteiger partial charge in [-0.05, 0) is 131 Å². The second-order valence-corrected chi connectivity index (χ2v) is 24.7. The Morgan fingerprint density at radius 1 is 0.598 bits per heavy atom. The van der Waals surface area contributed by atoms with E-state index in [0.717, 1.165) is 44.2 Å². The summed E-state index contributed by atoms with van der Waals surface area (Å²) in [7, 11) is 0. The number of halogens is 1. The molecule has 15 rings (SSSR count). The number of anilines is 3. The van der Waals surface area contributed by atoms with Gasteiger partial charge in [-0.25, -0.2) is 49.2 Å². The molecule has 6 N–H and O–H groups in total. The number of rotatable bonds is 20. The van der Waals surface area contributed by atoms with Crippen LogP contribution in [0.1, 0.15) is 68.1 Å². The summed E-state index contributed by atoms with van der Waals surface area (Å²) in [5.41, 5.74) is 13.5. The van der Waals surface area contributed by atoms with Gasteiger partial charge in [-0.1, -0.05) is 30.3 Å². The lowest BCUT2D eigenvalue weighted by atomic mass is 9.97. The van der Waals surface area contributed by atoms with Crippen molar-refractivity contribution in [3.63, 3.8) is 0 Å².